The summed E-state index contributed by atoms with van der Waals surface area (Å²) in [5, 5.41) is 2.11. The standard InChI is InChI=1S/C20H28N2O2S/c1-15-12-18(16(2)22(15)8-7-17-6-5-11-25-17)19(23)13-21-9-10-24-20(3,4)14-21/h5-6,11-12H,7-10,13-14H2,1-4H3. The van der Waals surface area contributed by atoms with Crippen LogP contribution < -0.4 is 0 Å². The molecule has 2 aromatic rings. The molecule has 0 spiro atoms. The summed E-state index contributed by atoms with van der Waals surface area (Å²) in [5.74, 6) is 0.216. The van der Waals surface area contributed by atoms with Crippen molar-refractivity contribution in [2.24, 2.45) is 0 Å². The van der Waals surface area contributed by atoms with Crippen molar-refractivity contribution in [1.29, 1.82) is 0 Å². The lowest BCUT2D eigenvalue weighted by molar-refractivity contribution is -0.0833. The van der Waals surface area contributed by atoms with Crippen LogP contribution in [0.1, 0.15) is 40.5 Å². The van der Waals surface area contributed by atoms with Crippen molar-refractivity contribution in [3.63, 3.8) is 0 Å². The number of ether oxygens (including phenoxy) is 1. The molecule has 1 aliphatic heterocycles. The lowest BCUT2D eigenvalue weighted by Crippen LogP contribution is -2.49. The van der Waals surface area contributed by atoms with Gasteiger partial charge < -0.3 is 9.30 Å². The number of carbonyl (C=O) groups excluding carboxylic acids is 1. The molecule has 0 unspecified atom stereocenters. The molecule has 1 fully saturated rings. The van der Waals surface area contributed by atoms with Crippen LogP contribution in [-0.4, -0.2) is 47.1 Å². The van der Waals surface area contributed by atoms with Gasteiger partial charge in [-0.2, -0.15) is 0 Å². The number of hydrogen-bond acceptors (Lipinski definition) is 4. The van der Waals surface area contributed by atoms with E-state index in [4.69, 9.17) is 4.74 Å². The maximum atomic E-state index is 12.8. The fourth-order valence-electron chi connectivity index (χ4n) is 3.64. The van der Waals surface area contributed by atoms with Gasteiger partial charge in [0.1, 0.15) is 0 Å². The van der Waals surface area contributed by atoms with Crippen molar-refractivity contribution in [3.8, 4) is 0 Å². The number of aromatic nitrogens is 1. The zero-order valence-electron chi connectivity index (χ0n) is 15.7. The van der Waals surface area contributed by atoms with Crippen LogP contribution in [0.5, 0.6) is 0 Å². The number of hydrogen-bond donors (Lipinski definition) is 0. The molecule has 0 N–H and O–H groups in total. The lowest BCUT2D eigenvalue weighted by atomic mass is 10.1. The molecule has 0 saturated carbocycles. The van der Waals surface area contributed by atoms with Crippen LogP contribution in [0.25, 0.3) is 0 Å². The molecule has 1 aliphatic rings. The molecule has 4 nitrogen and oxygen atoms in total. The Hall–Kier alpha value is -1.43. The molecule has 0 amide bonds. The first-order valence-electron chi connectivity index (χ1n) is 8.94. The van der Waals surface area contributed by atoms with Gasteiger partial charge in [-0.1, -0.05) is 6.07 Å². The fourth-order valence-corrected chi connectivity index (χ4v) is 4.34. The van der Waals surface area contributed by atoms with Crippen LogP contribution in [0.3, 0.4) is 0 Å². The van der Waals surface area contributed by atoms with Gasteiger partial charge in [0.05, 0.1) is 18.8 Å². The summed E-state index contributed by atoms with van der Waals surface area (Å²) in [6.45, 7) is 12.1. The third-order valence-corrected chi connectivity index (χ3v) is 5.84. The van der Waals surface area contributed by atoms with Crippen LogP contribution in [0.4, 0.5) is 0 Å². The number of Topliss-reactive ketones (excluding diaryl/α,β-unsaturated/α-hetero) is 1. The van der Waals surface area contributed by atoms with E-state index in [1.165, 1.54) is 10.6 Å². The van der Waals surface area contributed by atoms with E-state index in [9.17, 15) is 4.79 Å². The fraction of sp³-hybridized carbons (Fsp3) is 0.550. The van der Waals surface area contributed by atoms with Gasteiger partial charge in [0.2, 0.25) is 0 Å². The average molecular weight is 361 g/mol. The molecule has 0 atom stereocenters. The van der Waals surface area contributed by atoms with Crippen LogP contribution >= 0.6 is 11.3 Å². The Morgan fingerprint density at radius 3 is 2.84 bits per heavy atom. The molecule has 3 heterocycles. The Kier molecular flexibility index (Phi) is 5.46. The number of ketones is 1. The van der Waals surface area contributed by atoms with E-state index in [1.54, 1.807) is 11.3 Å². The summed E-state index contributed by atoms with van der Waals surface area (Å²) in [4.78, 5) is 16.4. The topological polar surface area (TPSA) is 34.5 Å². The highest BCUT2D eigenvalue weighted by molar-refractivity contribution is 7.09. The molecular weight excluding hydrogens is 332 g/mol. The summed E-state index contributed by atoms with van der Waals surface area (Å²) in [6, 6.07) is 6.32. The monoisotopic (exact) mass is 360 g/mol. The van der Waals surface area contributed by atoms with Crippen molar-refractivity contribution in [2.45, 2.75) is 46.3 Å². The molecule has 0 radical (unpaired) electrons. The number of nitrogens with zero attached hydrogens (tertiary/aromatic N) is 2. The predicted octanol–water partition coefficient (Wildman–Crippen LogP) is 3.70. The maximum Gasteiger partial charge on any atom is 0.178 e. The van der Waals surface area contributed by atoms with Crippen molar-refractivity contribution in [3.05, 3.63) is 45.4 Å². The molecular formula is C20H28N2O2S. The third kappa shape index (κ3) is 4.40. The van der Waals surface area contributed by atoms with E-state index in [0.717, 1.165) is 37.3 Å². The van der Waals surface area contributed by atoms with Gasteiger partial charge >= 0.3 is 0 Å². The van der Waals surface area contributed by atoms with Crippen molar-refractivity contribution >= 4 is 17.1 Å². The second-order valence-electron chi connectivity index (χ2n) is 7.51. The van der Waals surface area contributed by atoms with Crippen molar-refractivity contribution in [2.75, 3.05) is 26.2 Å². The predicted molar refractivity (Wildman–Crippen MR) is 103 cm³/mol. The number of thiophene rings is 1. The molecule has 0 aromatic carbocycles. The number of carbonyl (C=O) groups is 1. The number of rotatable bonds is 6. The van der Waals surface area contributed by atoms with Crippen LogP contribution in [-0.2, 0) is 17.7 Å². The minimum Gasteiger partial charge on any atom is -0.373 e. The minimum atomic E-state index is -0.171. The summed E-state index contributed by atoms with van der Waals surface area (Å²) in [6.07, 6.45) is 1.01. The number of morpholine rings is 1. The van der Waals surface area contributed by atoms with Crippen molar-refractivity contribution < 1.29 is 9.53 Å². The van der Waals surface area contributed by atoms with E-state index in [0.29, 0.717) is 13.2 Å². The van der Waals surface area contributed by atoms with Crippen LogP contribution in [0.15, 0.2) is 23.6 Å². The van der Waals surface area contributed by atoms with Gasteiger partial charge in [-0.05, 0) is 51.6 Å². The smallest absolute Gasteiger partial charge is 0.178 e. The third-order valence-electron chi connectivity index (χ3n) is 4.91. The SMILES string of the molecule is Cc1cc(C(=O)CN2CCOC(C)(C)C2)c(C)n1CCc1cccs1. The molecule has 2 aromatic heterocycles. The second kappa shape index (κ2) is 7.44. The zero-order valence-corrected chi connectivity index (χ0v) is 16.5. The van der Waals surface area contributed by atoms with Crippen LogP contribution in [0, 0.1) is 13.8 Å². The summed E-state index contributed by atoms with van der Waals surface area (Å²) >= 11 is 1.79. The molecule has 25 heavy (non-hydrogen) atoms. The normalized spacial score (nSPS) is 17.8. The molecule has 0 bridgehead atoms. The van der Waals surface area contributed by atoms with Gasteiger partial charge in [-0.3, -0.25) is 9.69 Å². The van der Waals surface area contributed by atoms with E-state index in [-0.39, 0.29) is 11.4 Å². The molecule has 1 saturated heterocycles. The zero-order chi connectivity index (χ0) is 18.0. The summed E-state index contributed by atoms with van der Waals surface area (Å²) < 4.78 is 8.02. The first kappa shape index (κ1) is 18.4. The quantitative estimate of drug-likeness (QED) is 0.737. The van der Waals surface area contributed by atoms with E-state index < -0.39 is 0 Å². The first-order chi connectivity index (χ1) is 11.9. The highest BCUT2D eigenvalue weighted by Gasteiger charge is 2.29. The molecule has 0 aliphatic carbocycles. The first-order valence-corrected chi connectivity index (χ1v) is 9.82. The van der Waals surface area contributed by atoms with Gasteiger partial charge in [-0.25, -0.2) is 0 Å². The Morgan fingerprint density at radius 2 is 2.16 bits per heavy atom. The number of aryl methyl sites for hydroxylation is 2. The van der Waals surface area contributed by atoms with Crippen molar-refractivity contribution in [1.82, 2.24) is 9.47 Å². The Balaban J connectivity index is 1.67. The van der Waals surface area contributed by atoms with Gasteiger partial charge in [0, 0.05) is 41.5 Å². The summed E-state index contributed by atoms with van der Waals surface area (Å²) in [7, 11) is 0. The Labute approximate surface area is 154 Å². The lowest BCUT2D eigenvalue weighted by Gasteiger charge is -2.37. The van der Waals surface area contributed by atoms with Gasteiger partial charge in [-0.15, -0.1) is 11.3 Å². The van der Waals surface area contributed by atoms with E-state index in [2.05, 4.69) is 60.7 Å². The Morgan fingerprint density at radius 1 is 1.36 bits per heavy atom. The highest BCUT2D eigenvalue weighted by Crippen LogP contribution is 2.20. The maximum absolute atomic E-state index is 12.8. The molecule has 5 heteroatoms. The van der Waals surface area contributed by atoms with E-state index in [1.807, 2.05) is 0 Å². The Bertz CT molecular complexity index is 731. The van der Waals surface area contributed by atoms with Gasteiger partial charge in [0.25, 0.3) is 0 Å². The molecule has 136 valence electrons. The van der Waals surface area contributed by atoms with Gasteiger partial charge in [0.15, 0.2) is 5.78 Å². The average Bonchev–Trinajstić information content (AvgIpc) is 3.13. The minimum absolute atomic E-state index is 0.171. The largest absolute Gasteiger partial charge is 0.373 e. The molecule has 3 rings (SSSR count). The van der Waals surface area contributed by atoms with Crippen LogP contribution in [0.2, 0.25) is 0 Å². The van der Waals surface area contributed by atoms with E-state index >= 15 is 0 Å². The summed E-state index contributed by atoms with van der Waals surface area (Å²) in [5.41, 5.74) is 2.95. The highest BCUT2D eigenvalue weighted by atomic mass is 32.1. The second-order valence-corrected chi connectivity index (χ2v) is 8.54.